The van der Waals surface area contributed by atoms with Gasteiger partial charge in [-0.1, -0.05) is 0 Å². The summed E-state index contributed by atoms with van der Waals surface area (Å²) in [7, 11) is 0. The van der Waals surface area contributed by atoms with Crippen molar-refractivity contribution in [1.29, 1.82) is 0 Å². The standard InChI is InChI=1S/C15H16O2/c1-9-13-7-11-5-3-4-6-12(11)8-14(13)17-15(9)10(2)16/h7-8H,3-6H2,1-2H3. The number of rotatable bonds is 1. The fourth-order valence-electron chi connectivity index (χ4n) is 2.79. The van der Waals surface area contributed by atoms with Gasteiger partial charge in [-0.3, -0.25) is 4.79 Å². The van der Waals surface area contributed by atoms with Crippen molar-refractivity contribution in [2.75, 3.05) is 0 Å². The molecule has 1 aliphatic rings. The molecule has 1 heterocycles. The monoisotopic (exact) mass is 228 g/mol. The Kier molecular flexibility index (Phi) is 2.32. The molecule has 0 saturated carbocycles. The van der Waals surface area contributed by atoms with Gasteiger partial charge in [0.25, 0.3) is 0 Å². The number of furan rings is 1. The highest BCUT2D eigenvalue weighted by Crippen LogP contribution is 2.31. The minimum Gasteiger partial charge on any atom is -0.453 e. The number of Topliss-reactive ketones (excluding diaryl/α,β-unsaturated/α-hetero) is 1. The minimum atomic E-state index is 0.0108. The molecule has 3 rings (SSSR count). The summed E-state index contributed by atoms with van der Waals surface area (Å²) in [6.45, 7) is 3.53. The van der Waals surface area contributed by atoms with E-state index in [2.05, 4.69) is 12.1 Å². The molecule has 0 saturated heterocycles. The number of aryl methyl sites for hydroxylation is 3. The average molecular weight is 228 g/mol. The van der Waals surface area contributed by atoms with E-state index >= 15 is 0 Å². The van der Waals surface area contributed by atoms with Crippen LogP contribution in [0.1, 0.15) is 47.0 Å². The van der Waals surface area contributed by atoms with E-state index in [1.165, 1.54) is 24.0 Å². The van der Waals surface area contributed by atoms with Crippen LogP contribution in [-0.4, -0.2) is 5.78 Å². The number of ketones is 1. The number of carbonyl (C=O) groups is 1. The van der Waals surface area contributed by atoms with Crippen LogP contribution in [0.4, 0.5) is 0 Å². The van der Waals surface area contributed by atoms with Gasteiger partial charge in [-0.15, -0.1) is 0 Å². The zero-order chi connectivity index (χ0) is 12.0. The molecule has 0 N–H and O–H groups in total. The maximum atomic E-state index is 11.5. The Morgan fingerprint density at radius 1 is 1.18 bits per heavy atom. The van der Waals surface area contributed by atoms with E-state index < -0.39 is 0 Å². The summed E-state index contributed by atoms with van der Waals surface area (Å²) in [5.74, 6) is 0.527. The first-order valence-corrected chi connectivity index (χ1v) is 6.22. The van der Waals surface area contributed by atoms with Crippen molar-refractivity contribution < 1.29 is 9.21 Å². The lowest BCUT2D eigenvalue weighted by molar-refractivity contribution is 0.0988. The summed E-state index contributed by atoms with van der Waals surface area (Å²) in [6, 6.07) is 4.35. The number of benzene rings is 1. The van der Waals surface area contributed by atoms with Crippen LogP contribution in [0.15, 0.2) is 16.5 Å². The van der Waals surface area contributed by atoms with Crippen LogP contribution in [-0.2, 0) is 12.8 Å². The lowest BCUT2D eigenvalue weighted by Gasteiger charge is -2.14. The van der Waals surface area contributed by atoms with Crippen molar-refractivity contribution in [1.82, 2.24) is 0 Å². The van der Waals surface area contributed by atoms with Gasteiger partial charge in [-0.05, 0) is 55.9 Å². The third-order valence-electron chi connectivity index (χ3n) is 3.72. The Balaban J connectivity index is 2.27. The van der Waals surface area contributed by atoms with E-state index in [-0.39, 0.29) is 5.78 Å². The van der Waals surface area contributed by atoms with Crippen molar-refractivity contribution in [3.8, 4) is 0 Å². The van der Waals surface area contributed by atoms with E-state index in [9.17, 15) is 4.79 Å². The summed E-state index contributed by atoms with van der Waals surface area (Å²) < 4.78 is 5.68. The van der Waals surface area contributed by atoms with Crippen LogP contribution < -0.4 is 0 Å². The van der Waals surface area contributed by atoms with Gasteiger partial charge in [0, 0.05) is 17.9 Å². The molecule has 0 aliphatic heterocycles. The van der Waals surface area contributed by atoms with Crippen LogP contribution in [0, 0.1) is 6.92 Å². The highest BCUT2D eigenvalue weighted by atomic mass is 16.3. The van der Waals surface area contributed by atoms with E-state index in [1.54, 1.807) is 6.92 Å². The fraction of sp³-hybridized carbons (Fsp3) is 0.400. The van der Waals surface area contributed by atoms with Gasteiger partial charge in [0.15, 0.2) is 11.5 Å². The van der Waals surface area contributed by atoms with Crippen LogP contribution in [0.2, 0.25) is 0 Å². The lowest BCUT2D eigenvalue weighted by Crippen LogP contribution is -2.01. The molecule has 0 spiro atoms. The Morgan fingerprint density at radius 2 is 1.82 bits per heavy atom. The predicted molar refractivity (Wildman–Crippen MR) is 67.6 cm³/mol. The highest BCUT2D eigenvalue weighted by Gasteiger charge is 2.17. The minimum absolute atomic E-state index is 0.0108. The van der Waals surface area contributed by atoms with Gasteiger partial charge in [-0.25, -0.2) is 0 Å². The molecule has 0 bridgehead atoms. The molecule has 0 amide bonds. The van der Waals surface area contributed by atoms with Crippen molar-refractivity contribution in [2.45, 2.75) is 39.5 Å². The molecular weight excluding hydrogens is 212 g/mol. The quantitative estimate of drug-likeness (QED) is 0.694. The van der Waals surface area contributed by atoms with Gasteiger partial charge in [0.2, 0.25) is 0 Å². The fourth-order valence-corrected chi connectivity index (χ4v) is 2.79. The van der Waals surface area contributed by atoms with Crippen molar-refractivity contribution in [2.24, 2.45) is 0 Å². The maximum absolute atomic E-state index is 11.5. The Labute approximate surface area is 101 Å². The van der Waals surface area contributed by atoms with Crippen molar-refractivity contribution in [3.05, 3.63) is 34.6 Å². The lowest BCUT2D eigenvalue weighted by atomic mass is 9.90. The molecule has 0 atom stereocenters. The van der Waals surface area contributed by atoms with E-state index in [4.69, 9.17) is 4.42 Å². The molecule has 1 aromatic carbocycles. The molecule has 0 fully saturated rings. The average Bonchev–Trinajstić information content (AvgIpc) is 2.64. The van der Waals surface area contributed by atoms with Crippen molar-refractivity contribution in [3.63, 3.8) is 0 Å². The van der Waals surface area contributed by atoms with Crippen LogP contribution >= 0.6 is 0 Å². The first-order valence-electron chi connectivity index (χ1n) is 6.22. The summed E-state index contributed by atoms with van der Waals surface area (Å²) >= 11 is 0. The summed E-state index contributed by atoms with van der Waals surface area (Å²) in [5, 5.41) is 1.11. The zero-order valence-corrected chi connectivity index (χ0v) is 10.3. The molecular formula is C15H16O2. The first kappa shape index (κ1) is 10.6. The second-order valence-electron chi connectivity index (χ2n) is 4.94. The second-order valence-corrected chi connectivity index (χ2v) is 4.94. The number of fused-ring (bicyclic) bond motifs is 2. The van der Waals surface area contributed by atoms with Crippen LogP contribution in [0.25, 0.3) is 11.0 Å². The maximum Gasteiger partial charge on any atom is 0.195 e. The third-order valence-corrected chi connectivity index (χ3v) is 3.72. The normalized spacial score (nSPS) is 14.9. The zero-order valence-electron chi connectivity index (χ0n) is 10.3. The molecule has 1 aliphatic carbocycles. The molecule has 17 heavy (non-hydrogen) atoms. The molecule has 0 radical (unpaired) electrons. The number of carbonyl (C=O) groups excluding carboxylic acids is 1. The van der Waals surface area contributed by atoms with Crippen molar-refractivity contribution >= 4 is 16.8 Å². The molecule has 2 heteroatoms. The Bertz CT molecular complexity index is 605. The van der Waals surface area contributed by atoms with E-state index in [1.807, 2.05) is 6.92 Å². The number of hydrogen-bond donors (Lipinski definition) is 0. The molecule has 2 nitrogen and oxygen atoms in total. The molecule has 1 aromatic heterocycles. The molecule has 0 unspecified atom stereocenters. The molecule has 2 aromatic rings. The smallest absolute Gasteiger partial charge is 0.195 e. The third kappa shape index (κ3) is 1.59. The van der Waals surface area contributed by atoms with Gasteiger partial charge >= 0.3 is 0 Å². The second kappa shape index (κ2) is 3.73. The SMILES string of the molecule is CC(=O)c1oc2cc3c(cc2c1C)CCCC3. The highest BCUT2D eigenvalue weighted by molar-refractivity contribution is 5.99. The largest absolute Gasteiger partial charge is 0.453 e. The Hall–Kier alpha value is -1.57. The van der Waals surface area contributed by atoms with Gasteiger partial charge in [0.05, 0.1) is 0 Å². The van der Waals surface area contributed by atoms with E-state index in [0.29, 0.717) is 5.76 Å². The van der Waals surface area contributed by atoms with Gasteiger partial charge in [-0.2, -0.15) is 0 Å². The summed E-state index contributed by atoms with van der Waals surface area (Å²) in [4.78, 5) is 11.5. The molecule has 88 valence electrons. The first-order chi connectivity index (χ1) is 8.16. The van der Waals surface area contributed by atoms with Gasteiger partial charge < -0.3 is 4.42 Å². The summed E-state index contributed by atoms with van der Waals surface area (Å²) in [6.07, 6.45) is 4.83. The van der Waals surface area contributed by atoms with Crippen LogP contribution in [0.3, 0.4) is 0 Å². The van der Waals surface area contributed by atoms with Crippen LogP contribution in [0.5, 0.6) is 0 Å². The number of hydrogen-bond acceptors (Lipinski definition) is 2. The van der Waals surface area contributed by atoms with E-state index in [0.717, 1.165) is 29.4 Å². The topological polar surface area (TPSA) is 30.2 Å². The summed E-state index contributed by atoms with van der Waals surface area (Å²) in [5.41, 5.74) is 4.68. The Morgan fingerprint density at radius 3 is 2.47 bits per heavy atom. The predicted octanol–water partition coefficient (Wildman–Crippen LogP) is 3.82. The van der Waals surface area contributed by atoms with Gasteiger partial charge in [0.1, 0.15) is 5.58 Å².